The van der Waals surface area contributed by atoms with Gasteiger partial charge < -0.3 is 15.0 Å². The van der Waals surface area contributed by atoms with Gasteiger partial charge in [0, 0.05) is 18.7 Å². The number of rotatable bonds is 1. The van der Waals surface area contributed by atoms with Crippen molar-refractivity contribution in [3.8, 4) is 5.75 Å². The van der Waals surface area contributed by atoms with E-state index in [1.54, 1.807) is 6.07 Å². The summed E-state index contributed by atoms with van der Waals surface area (Å²) in [5, 5.41) is 2.81. The molecule has 0 bridgehead atoms. The van der Waals surface area contributed by atoms with Crippen LogP contribution in [0.4, 0.5) is 15.8 Å². The minimum Gasteiger partial charge on any atom is -0.494 e. The topological polar surface area (TPSA) is 41.6 Å². The first-order valence-electron chi connectivity index (χ1n) is 6.57. The van der Waals surface area contributed by atoms with Crippen LogP contribution in [0.2, 0.25) is 0 Å². The number of benzene rings is 1. The predicted molar refractivity (Wildman–Crippen MR) is 71.1 cm³/mol. The van der Waals surface area contributed by atoms with Crippen molar-refractivity contribution in [3.63, 3.8) is 0 Å². The number of ether oxygens (including phenoxy) is 1. The Hall–Kier alpha value is -1.78. The van der Waals surface area contributed by atoms with Gasteiger partial charge >= 0.3 is 0 Å². The molecule has 2 aliphatic rings. The molecule has 19 heavy (non-hydrogen) atoms. The Balaban J connectivity index is 2.09. The van der Waals surface area contributed by atoms with E-state index in [2.05, 4.69) is 17.1 Å². The van der Waals surface area contributed by atoms with Crippen LogP contribution in [0.1, 0.15) is 19.8 Å². The first-order valence-corrected chi connectivity index (χ1v) is 6.57. The number of nitrogens with one attached hydrogen (secondary N) is 1. The zero-order valence-corrected chi connectivity index (χ0v) is 11.1. The van der Waals surface area contributed by atoms with Gasteiger partial charge in [0.1, 0.15) is 6.04 Å². The van der Waals surface area contributed by atoms with Crippen molar-refractivity contribution in [3.05, 3.63) is 17.9 Å². The molecule has 2 aliphatic heterocycles. The van der Waals surface area contributed by atoms with Crippen LogP contribution in [0.25, 0.3) is 0 Å². The average Bonchev–Trinajstić information content (AvgIpc) is 2.38. The molecule has 0 radical (unpaired) electrons. The maximum absolute atomic E-state index is 13.7. The third-order valence-electron chi connectivity index (χ3n) is 4.04. The van der Waals surface area contributed by atoms with Gasteiger partial charge in [0.25, 0.3) is 0 Å². The molecule has 1 N–H and O–H groups in total. The Morgan fingerprint density at radius 1 is 1.47 bits per heavy atom. The number of piperidine rings is 1. The van der Waals surface area contributed by atoms with Crippen LogP contribution in [-0.2, 0) is 4.79 Å². The van der Waals surface area contributed by atoms with E-state index >= 15 is 0 Å². The van der Waals surface area contributed by atoms with Gasteiger partial charge in [-0.05, 0) is 18.8 Å². The normalized spacial score (nSPS) is 25.4. The number of methoxy groups -OCH3 is 1. The molecule has 0 saturated carbocycles. The summed E-state index contributed by atoms with van der Waals surface area (Å²) in [4.78, 5) is 14.2. The highest BCUT2D eigenvalue weighted by Crippen LogP contribution is 2.40. The Bertz CT molecular complexity index is 532. The maximum Gasteiger partial charge on any atom is 0.247 e. The molecule has 102 valence electrons. The third kappa shape index (κ3) is 1.84. The fourth-order valence-corrected chi connectivity index (χ4v) is 3.10. The molecule has 1 saturated heterocycles. The van der Waals surface area contributed by atoms with E-state index in [4.69, 9.17) is 4.74 Å². The molecule has 4 nitrogen and oxygen atoms in total. The Morgan fingerprint density at radius 3 is 3.00 bits per heavy atom. The lowest BCUT2D eigenvalue weighted by Gasteiger charge is -2.44. The Morgan fingerprint density at radius 2 is 2.26 bits per heavy atom. The van der Waals surface area contributed by atoms with Crippen LogP contribution < -0.4 is 15.0 Å². The van der Waals surface area contributed by atoms with E-state index < -0.39 is 5.82 Å². The summed E-state index contributed by atoms with van der Waals surface area (Å²) in [6.45, 7) is 2.91. The second-order valence-electron chi connectivity index (χ2n) is 5.25. The Kier molecular flexibility index (Phi) is 2.84. The van der Waals surface area contributed by atoms with Crippen molar-refractivity contribution in [2.45, 2.75) is 25.8 Å². The van der Waals surface area contributed by atoms with Crippen molar-refractivity contribution < 1.29 is 13.9 Å². The van der Waals surface area contributed by atoms with Gasteiger partial charge in [-0.15, -0.1) is 0 Å². The summed E-state index contributed by atoms with van der Waals surface area (Å²) in [7, 11) is 1.45. The Labute approximate surface area is 111 Å². The minimum atomic E-state index is -0.454. The van der Waals surface area contributed by atoms with Gasteiger partial charge in [-0.2, -0.15) is 0 Å². The first kappa shape index (κ1) is 12.3. The lowest BCUT2D eigenvalue weighted by Crippen LogP contribution is -2.54. The number of anilines is 2. The van der Waals surface area contributed by atoms with Gasteiger partial charge in [0.2, 0.25) is 5.91 Å². The zero-order chi connectivity index (χ0) is 13.6. The summed E-state index contributed by atoms with van der Waals surface area (Å²) in [6.07, 6.45) is 2.09. The van der Waals surface area contributed by atoms with Crippen molar-refractivity contribution in [2.24, 2.45) is 5.92 Å². The molecular formula is C14H17FN2O2. The van der Waals surface area contributed by atoms with Gasteiger partial charge in [-0.3, -0.25) is 4.79 Å². The van der Waals surface area contributed by atoms with Crippen LogP contribution >= 0.6 is 0 Å². The molecule has 2 atom stereocenters. The third-order valence-corrected chi connectivity index (χ3v) is 4.04. The molecule has 1 aromatic rings. The SMILES string of the molecule is COc1cc2c(cc1F)NC(=O)C1C(C)CCCN21. The molecule has 1 amide bonds. The molecular weight excluding hydrogens is 247 g/mol. The van der Waals surface area contributed by atoms with E-state index in [0.717, 1.165) is 25.1 Å². The van der Waals surface area contributed by atoms with Gasteiger partial charge in [0.15, 0.2) is 11.6 Å². The van der Waals surface area contributed by atoms with Gasteiger partial charge in [-0.25, -0.2) is 4.39 Å². The number of hydrogen-bond acceptors (Lipinski definition) is 3. The molecule has 1 aromatic carbocycles. The fraction of sp³-hybridized carbons (Fsp3) is 0.500. The summed E-state index contributed by atoms with van der Waals surface area (Å²) >= 11 is 0. The van der Waals surface area contributed by atoms with Crippen molar-refractivity contribution in [2.75, 3.05) is 23.9 Å². The van der Waals surface area contributed by atoms with E-state index in [9.17, 15) is 9.18 Å². The van der Waals surface area contributed by atoms with Crippen LogP contribution in [0.15, 0.2) is 12.1 Å². The summed E-state index contributed by atoms with van der Waals surface area (Å²) in [5.74, 6) is 0.0270. The molecule has 2 heterocycles. The number of carbonyl (C=O) groups excluding carboxylic acids is 1. The zero-order valence-electron chi connectivity index (χ0n) is 11.1. The molecule has 0 aromatic heterocycles. The fourth-order valence-electron chi connectivity index (χ4n) is 3.10. The quantitative estimate of drug-likeness (QED) is 0.846. The molecule has 2 unspecified atom stereocenters. The summed E-state index contributed by atoms with van der Waals surface area (Å²) < 4.78 is 18.7. The monoisotopic (exact) mass is 264 g/mol. The summed E-state index contributed by atoms with van der Waals surface area (Å²) in [6, 6.07) is 2.85. The highest BCUT2D eigenvalue weighted by atomic mass is 19.1. The van der Waals surface area contributed by atoms with Crippen molar-refractivity contribution in [1.82, 2.24) is 0 Å². The van der Waals surface area contributed by atoms with Gasteiger partial charge in [0.05, 0.1) is 18.5 Å². The van der Waals surface area contributed by atoms with Crippen LogP contribution in [0.5, 0.6) is 5.75 Å². The number of amides is 1. The van der Waals surface area contributed by atoms with Crippen molar-refractivity contribution >= 4 is 17.3 Å². The molecule has 0 spiro atoms. The van der Waals surface area contributed by atoms with Crippen LogP contribution in [-0.4, -0.2) is 25.6 Å². The first-order chi connectivity index (χ1) is 9.11. The van der Waals surface area contributed by atoms with E-state index in [1.807, 2.05) is 0 Å². The highest BCUT2D eigenvalue weighted by Gasteiger charge is 2.39. The number of fused-ring (bicyclic) bond motifs is 3. The molecule has 1 fully saturated rings. The highest BCUT2D eigenvalue weighted by molar-refractivity contribution is 6.04. The average molecular weight is 264 g/mol. The molecule has 0 aliphatic carbocycles. The van der Waals surface area contributed by atoms with Gasteiger partial charge in [-0.1, -0.05) is 6.92 Å². The van der Waals surface area contributed by atoms with E-state index in [0.29, 0.717) is 11.6 Å². The van der Waals surface area contributed by atoms with E-state index in [1.165, 1.54) is 13.2 Å². The second kappa shape index (κ2) is 4.40. The number of halogens is 1. The largest absolute Gasteiger partial charge is 0.494 e. The van der Waals surface area contributed by atoms with Crippen molar-refractivity contribution in [1.29, 1.82) is 0 Å². The van der Waals surface area contributed by atoms with Crippen LogP contribution in [0.3, 0.4) is 0 Å². The maximum atomic E-state index is 13.7. The second-order valence-corrected chi connectivity index (χ2v) is 5.25. The number of carbonyl (C=O) groups is 1. The van der Waals surface area contributed by atoms with E-state index in [-0.39, 0.29) is 17.7 Å². The smallest absolute Gasteiger partial charge is 0.247 e. The molecule has 5 heteroatoms. The van der Waals surface area contributed by atoms with Crippen LogP contribution in [0, 0.1) is 11.7 Å². The number of hydrogen-bond donors (Lipinski definition) is 1. The lowest BCUT2D eigenvalue weighted by atomic mass is 9.88. The standard InChI is InChI=1S/C14H17FN2O2/c1-8-4-3-5-17-11-7-12(19-2)9(15)6-10(11)16-14(18)13(8)17/h6-8,13H,3-5H2,1-2H3,(H,16,18). The lowest BCUT2D eigenvalue weighted by molar-refractivity contribution is -0.119. The molecule has 3 rings (SSSR count). The number of nitrogens with zero attached hydrogens (tertiary/aromatic N) is 1. The summed E-state index contributed by atoms with van der Waals surface area (Å²) in [5.41, 5.74) is 1.39. The predicted octanol–water partition coefficient (Wildman–Crippen LogP) is 2.39. The minimum absolute atomic E-state index is 0.0377.